The van der Waals surface area contributed by atoms with Crippen LogP contribution in [0.2, 0.25) is 0 Å². The topological polar surface area (TPSA) is 58.8 Å². The zero-order valence-electron chi connectivity index (χ0n) is 12.5. The molecule has 1 unspecified atom stereocenters. The van der Waals surface area contributed by atoms with Crippen molar-refractivity contribution in [3.8, 4) is 0 Å². The van der Waals surface area contributed by atoms with Gasteiger partial charge >= 0.3 is 0 Å². The van der Waals surface area contributed by atoms with Gasteiger partial charge in [-0.15, -0.1) is 0 Å². The lowest BCUT2D eigenvalue weighted by atomic mass is 9.98. The number of carbonyl (C=O) groups is 1. The van der Waals surface area contributed by atoms with Crippen molar-refractivity contribution < 1.29 is 9.53 Å². The van der Waals surface area contributed by atoms with Crippen LogP contribution in [-0.4, -0.2) is 54.6 Å². The van der Waals surface area contributed by atoms with Crippen molar-refractivity contribution >= 4 is 11.6 Å². The quantitative estimate of drug-likeness (QED) is 0.821. The summed E-state index contributed by atoms with van der Waals surface area (Å²) in [5, 5.41) is 0. The van der Waals surface area contributed by atoms with Crippen LogP contribution in [0.5, 0.6) is 0 Å². The summed E-state index contributed by atoms with van der Waals surface area (Å²) in [6, 6.07) is 6.01. The molecule has 2 N–H and O–H groups in total. The predicted octanol–water partition coefficient (Wildman–Crippen LogP) is 0.874. The maximum atomic E-state index is 12.6. The number of morpholine rings is 1. The molecule has 2 aliphatic heterocycles. The van der Waals surface area contributed by atoms with Crippen molar-refractivity contribution in [3.05, 3.63) is 29.3 Å². The Bertz CT molecular complexity index is 526. The molecule has 1 aromatic rings. The zero-order valence-corrected chi connectivity index (χ0v) is 12.5. The number of anilines is 1. The number of hydrogen-bond donors (Lipinski definition) is 1. The van der Waals surface area contributed by atoms with E-state index in [1.165, 1.54) is 11.1 Å². The minimum Gasteiger partial charge on any atom is -0.399 e. The maximum Gasteiger partial charge on any atom is 0.239 e. The summed E-state index contributed by atoms with van der Waals surface area (Å²) in [4.78, 5) is 16.7. The van der Waals surface area contributed by atoms with E-state index in [4.69, 9.17) is 10.5 Å². The van der Waals surface area contributed by atoms with Crippen LogP contribution < -0.4 is 5.73 Å². The summed E-state index contributed by atoms with van der Waals surface area (Å²) in [6.45, 7) is 6.46. The molecule has 1 fully saturated rings. The van der Waals surface area contributed by atoms with E-state index in [2.05, 4.69) is 11.0 Å². The van der Waals surface area contributed by atoms with Gasteiger partial charge in [0.25, 0.3) is 0 Å². The Morgan fingerprint density at radius 1 is 1.24 bits per heavy atom. The number of amides is 1. The van der Waals surface area contributed by atoms with Crippen molar-refractivity contribution in [1.29, 1.82) is 0 Å². The summed E-state index contributed by atoms with van der Waals surface area (Å²) in [7, 11) is 0. The Kier molecular flexibility index (Phi) is 4.12. The van der Waals surface area contributed by atoms with Crippen LogP contribution in [0.15, 0.2) is 18.2 Å². The number of fused-ring (bicyclic) bond motifs is 1. The van der Waals surface area contributed by atoms with Crippen molar-refractivity contribution in [2.45, 2.75) is 25.9 Å². The fraction of sp³-hybridized carbons (Fsp3) is 0.562. The number of ether oxygens (including phenoxy) is 1. The Morgan fingerprint density at radius 2 is 2.00 bits per heavy atom. The second-order valence-corrected chi connectivity index (χ2v) is 5.86. The second kappa shape index (κ2) is 6.03. The van der Waals surface area contributed by atoms with E-state index in [0.717, 1.165) is 25.2 Å². The van der Waals surface area contributed by atoms with Crippen LogP contribution >= 0.6 is 0 Å². The first-order valence-corrected chi connectivity index (χ1v) is 7.63. The molecule has 2 heterocycles. The molecule has 0 aliphatic carbocycles. The maximum absolute atomic E-state index is 12.6. The molecule has 5 heteroatoms. The van der Waals surface area contributed by atoms with E-state index >= 15 is 0 Å². The Morgan fingerprint density at radius 3 is 2.76 bits per heavy atom. The van der Waals surface area contributed by atoms with Gasteiger partial charge in [-0.25, -0.2) is 0 Å². The fourth-order valence-electron chi connectivity index (χ4n) is 3.13. The standard InChI is InChI=1S/C16H23N3O2/c1-12(16(20)18-6-8-21-9-7-18)19-5-4-13-2-3-15(17)10-14(13)11-19/h2-3,10,12H,4-9,11,17H2,1H3. The van der Waals surface area contributed by atoms with E-state index in [9.17, 15) is 4.79 Å². The first kappa shape index (κ1) is 14.4. The van der Waals surface area contributed by atoms with Crippen LogP contribution in [0.3, 0.4) is 0 Å². The third-order valence-corrected chi connectivity index (χ3v) is 4.50. The highest BCUT2D eigenvalue weighted by molar-refractivity contribution is 5.81. The molecule has 0 saturated carbocycles. The minimum atomic E-state index is -0.0855. The fourth-order valence-corrected chi connectivity index (χ4v) is 3.13. The number of nitrogens with two attached hydrogens (primary N) is 1. The van der Waals surface area contributed by atoms with Crippen LogP contribution in [0.1, 0.15) is 18.1 Å². The number of nitrogens with zero attached hydrogens (tertiary/aromatic N) is 2. The molecular formula is C16H23N3O2. The highest BCUT2D eigenvalue weighted by atomic mass is 16.5. The molecule has 1 amide bonds. The summed E-state index contributed by atoms with van der Waals surface area (Å²) in [6.07, 6.45) is 0.982. The molecule has 21 heavy (non-hydrogen) atoms. The molecule has 1 atom stereocenters. The molecule has 0 spiro atoms. The molecule has 2 aliphatic rings. The molecule has 0 radical (unpaired) electrons. The van der Waals surface area contributed by atoms with Gasteiger partial charge in [0.1, 0.15) is 0 Å². The van der Waals surface area contributed by atoms with Crippen molar-refractivity contribution in [2.24, 2.45) is 0 Å². The molecule has 3 rings (SSSR count). The van der Waals surface area contributed by atoms with Crippen molar-refractivity contribution in [3.63, 3.8) is 0 Å². The van der Waals surface area contributed by atoms with E-state index in [0.29, 0.717) is 26.3 Å². The van der Waals surface area contributed by atoms with E-state index in [1.807, 2.05) is 24.0 Å². The van der Waals surface area contributed by atoms with Crippen LogP contribution in [0.25, 0.3) is 0 Å². The molecule has 1 aromatic carbocycles. The number of benzene rings is 1. The van der Waals surface area contributed by atoms with Gasteiger partial charge in [-0.1, -0.05) is 6.07 Å². The molecule has 0 aromatic heterocycles. The monoisotopic (exact) mass is 289 g/mol. The normalized spacial score (nSPS) is 20.9. The Hall–Kier alpha value is -1.59. The van der Waals surface area contributed by atoms with Gasteiger partial charge in [0.2, 0.25) is 5.91 Å². The van der Waals surface area contributed by atoms with E-state index < -0.39 is 0 Å². The SMILES string of the molecule is CC(C(=O)N1CCOCC1)N1CCc2ccc(N)cc2C1. The highest BCUT2D eigenvalue weighted by Gasteiger charge is 2.29. The molecule has 5 nitrogen and oxygen atoms in total. The van der Waals surface area contributed by atoms with Gasteiger partial charge in [0.15, 0.2) is 0 Å². The van der Waals surface area contributed by atoms with E-state index in [-0.39, 0.29) is 11.9 Å². The van der Waals surface area contributed by atoms with E-state index in [1.54, 1.807) is 0 Å². The molecule has 0 bridgehead atoms. The molecule has 114 valence electrons. The van der Waals surface area contributed by atoms with Crippen molar-refractivity contribution in [1.82, 2.24) is 9.80 Å². The average Bonchev–Trinajstić information content (AvgIpc) is 2.53. The zero-order chi connectivity index (χ0) is 14.8. The largest absolute Gasteiger partial charge is 0.399 e. The second-order valence-electron chi connectivity index (χ2n) is 5.86. The summed E-state index contributed by atoms with van der Waals surface area (Å²) < 4.78 is 5.31. The molecule has 1 saturated heterocycles. The lowest BCUT2D eigenvalue weighted by Gasteiger charge is -2.36. The number of hydrogen-bond acceptors (Lipinski definition) is 4. The van der Waals surface area contributed by atoms with Crippen LogP contribution in [0, 0.1) is 0 Å². The number of nitrogen functional groups attached to an aromatic ring is 1. The van der Waals surface area contributed by atoms with Gasteiger partial charge in [0, 0.05) is 31.9 Å². The van der Waals surface area contributed by atoms with Gasteiger partial charge in [-0.2, -0.15) is 0 Å². The smallest absolute Gasteiger partial charge is 0.239 e. The Balaban J connectivity index is 1.68. The lowest BCUT2D eigenvalue weighted by molar-refractivity contribution is -0.140. The van der Waals surface area contributed by atoms with Crippen molar-refractivity contribution in [2.75, 3.05) is 38.6 Å². The van der Waals surface area contributed by atoms with Gasteiger partial charge in [0.05, 0.1) is 19.3 Å². The van der Waals surface area contributed by atoms with Gasteiger partial charge in [-0.05, 0) is 36.6 Å². The molecular weight excluding hydrogens is 266 g/mol. The third kappa shape index (κ3) is 3.04. The highest BCUT2D eigenvalue weighted by Crippen LogP contribution is 2.23. The summed E-state index contributed by atoms with van der Waals surface area (Å²) in [5.74, 6) is 0.214. The first-order valence-electron chi connectivity index (χ1n) is 7.63. The summed E-state index contributed by atoms with van der Waals surface area (Å²) >= 11 is 0. The van der Waals surface area contributed by atoms with Gasteiger partial charge < -0.3 is 15.4 Å². The Labute approximate surface area is 125 Å². The number of rotatable bonds is 2. The third-order valence-electron chi connectivity index (χ3n) is 4.50. The van der Waals surface area contributed by atoms with Crippen LogP contribution in [0.4, 0.5) is 5.69 Å². The summed E-state index contributed by atoms with van der Waals surface area (Å²) in [5.41, 5.74) is 9.27. The first-order chi connectivity index (χ1) is 10.1. The predicted molar refractivity (Wildman–Crippen MR) is 81.8 cm³/mol. The lowest BCUT2D eigenvalue weighted by Crippen LogP contribution is -2.51. The van der Waals surface area contributed by atoms with Crippen LogP contribution in [-0.2, 0) is 22.5 Å². The number of carbonyl (C=O) groups excluding carboxylic acids is 1. The minimum absolute atomic E-state index is 0.0855. The average molecular weight is 289 g/mol. The van der Waals surface area contributed by atoms with Gasteiger partial charge in [-0.3, -0.25) is 9.69 Å².